The Morgan fingerprint density at radius 3 is 2.83 bits per heavy atom. The fraction of sp³-hybridized carbons (Fsp3) is 0.455. The van der Waals surface area contributed by atoms with Crippen LogP contribution < -0.4 is 5.32 Å². The highest BCUT2D eigenvalue weighted by molar-refractivity contribution is 6.01. The molecular formula is C11H16N6O. The number of hydrogen-bond acceptors (Lipinski definition) is 4. The van der Waals surface area contributed by atoms with Gasteiger partial charge in [-0.25, -0.2) is 4.98 Å². The molecule has 2 heterocycles. The van der Waals surface area contributed by atoms with Crippen molar-refractivity contribution in [3.05, 3.63) is 23.4 Å². The van der Waals surface area contributed by atoms with Crippen molar-refractivity contribution in [2.75, 3.05) is 5.32 Å². The molecule has 0 saturated heterocycles. The largest absolute Gasteiger partial charge is 0.304 e. The van der Waals surface area contributed by atoms with Gasteiger partial charge >= 0.3 is 0 Å². The molecule has 0 aliphatic carbocycles. The minimum Gasteiger partial charge on any atom is -0.304 e. The summed E-state index contributed by atoms with van der Waals surface area (Å²) in [4.78, 5) is 16.0. The van der Waals surface area contributed by atoms with Gasteiger partial charge in [-0.2, -0.15) is 5.10 Å². The van der Waals surface area contributed by atoms with E-state index in [1.165, 1.54) is 0 Å². The molecule has 0 bridgehead atoms. The molecule has 3 N–H and O–H groups in total. The number of hydrogen-bond donors (Lipinski definition) is 3. The number of aromatic nitrogens is 5. The van der Waals surface area contributed by atoms with Crippen molar-refractivity contribution >= 4 is 11.7 Å². The topological polar surface area (TPSA) is 99.4 Å². The Labute approximate surface area is 104 Å². The van der Waals surface area contributed by atoms with Gasteiger partial charge in [-0.3, -0.25) is 15.0 Å². The molecule has 2 rings (SSSR count). The Hall–Kier alpha value is -2.18. The quantitative estimate of drug-likeness (QED) is 0.762. The van der Waals surface area contributed by atoms with Crippen molar-refractivity contribution in [1.82, 2.24) is 25.4 Å². The molecule has 0 unspecified atom stereocenters. The predicted molar refractivity (Wildman–Crippen MR) is 66.4 cm³/mol. The first-order valence-corrected chi connectivity index (χ1v) is 5.87. The third-order valence-electron chi connectivity index (χ3n) is 2.59. The molecule has 7 nitrogen and oxygen atoms in total. The molecule has 0 atom stereocenters. The third kappa shape index (κ3) is 2.39. The number of aromatic amines is 2. The van der Waals surface area contributed by atoms with Gasteiger partial charge in [0.15, 0.2) is 0 Å². The first-order chi connectivity index (χ1) is 8.61. The first-order valence-electron chi connectivity index (χ1n) is 5.87. The highest BCUT2D eigenvalue weighted by Crippen LogP contribution is 2.13. The SMILES string of the molecule is CCc1cn[nH]c1NC(=O)c1n[nH]c(C(C)C)n1. The molecule has 0 aliphatic heterocycles. The summed E-state index contributed by atoms with van der Waals surface area (Å²) in [5, 5.41) is 16.0. The lowest BCUT2D eigenvalue weighted by Crippen LogP contribution is -2.15. The number of amides is 1. The van der Waals surface area contributed by atoms with Crippen molar-refractivity contribution in [2.45, 2.75) is 33.1 Å². The molecule has 0 spiro atoms. The minimum absolute atomic E-state index is 0.135. The van der Waals surface area contributed by atoms with Crippen molar-refractivity contribution in [3.63, 3.8) is 0 Å². The number of carbonyl (C=O) groups is 1. The summed E-state index contributed by atoms with van der Waals surface area (Å²) in [7, 11) is 0. The van der Waals surface area contributed by atoms with E-state index in [4.69, 9.17) is 0 Å². The van der Waals surface area contributed by atoms with Gasteiger partial charge in [0.05, 0.1) is 6.20 Å². The second-order valence-electron chi connectivity index (χ2n) is 4.28. The second-order valence-corrected chi connectivity index (χ2v) is 4.28. The van der Waals surface area contributed by atoms with E-state index in [1.54, 1.807) is 6.20 Å². The van der Waals surface area contributed by atoms with Crippen molar-refractivity contribution < 1.29 is 4.79 Å². The molecule has 0 fully saturated rings. The van der Waals surface area contributed by atoms with Crippen molar-refractivity contribution in [1.29, 1.82) is 0 Å². The number of nitrogens with zero attached hydrogens (tertiary/aromatic N) is 3. The van der Waals surface area contributed by atoms with Crippen LogP contribution in [0.25, 0.3) is 0 Å². The van der Waals surface area contributed by atoms with Crippen molar-refractivity contribution in [3.8, 4) is 0 Å². The number of H-pyrrole nitrogens is 2. The third-order valence-corrected chi connectivity index (χ3v) is 2.59. The Bertz CT molecular complexity index is 541. The number of carbonyl (C=O) groups excluding carboxylic acids is 1. The Morgan fingerprint density at radius 1 is 1.44 bits per heavy atom. The fourth-order valence-electron chi connectivity index (χ4n) is 1.49. The van der Waals surface area contributed by atoms with Gasteiger partial charge in [-0.05, 0) is 6.42 Å². The summed E-state index contributed by atoms with van der Waals surface area (Å²) in [6, 6.07) is 0. The lowest BCUT2D eigenvalue weighted by atomic mass is 10.2. The van der Waals surface area contributed by atoms with Crippen LogP contribution in [-0.4, -0.2) is 31.3 Å². The number of anilines is 1. The van der Waals surface area contributed by atoms with E-state index >= 15 is 0 Å². The Kier molecular flexibility index (Phi) is 3.40. The molecule has 0 saturated carbocycles. The predicted octanol–water partition coefficient (Wildman–Crippen LogP) is 1.47. The molecule has 7 heteroatoms. The maximum atomic E-state index is 11.9. The van der Waals surface area contributed by atoms with Crippen LogP contribution in [-0.2, 0) is 6.42 Å². The van der Waals surface area contributed by atoms with Crippen LogP contribution in [0.5, 0.6) is 0 Å². The van der Waals surface area contributed by atoms with E-state index in [0.717, 1.165) is 12.0 Å². The van der Waals surface area contributed by atoms with Gasteiger partial charge < -0.3 is 5.32 Å². The summed E-state index contributed by atoms with van der Waals surface area (Å²) in [5.41, 5.74) is 0.947. The lowest BCUT2D eigenvalue weighted by molar-refractivity contribution is 0.101. The number of aryl methyl sites for hydroxylation is 1. The first kappa shape index (κ1) is 12.3. The van der Waals surface area contributed by atoms with Crippen LogP contribution in [0.15, 0.2) is 6.20 Å². The smallest absolute Gasteiger partial charge is 0.296 e. The van der Waals surface area contributed by atoms with E-state index in [2.05, 4.69) is 30.7 Å². The number of nitrogens with one attached hydrogen (secondary N) is 3. The van der Waals surface area contributed by atoms with Gasteiger partial charge in [0, 0.05) is 11.5 Å². The van der Waals surface area contributed by atoms with Crippen molar-refractivity contribution in [2.24, 2.45) is 0 Å². The van der Waals surface area contributed by atoms with Crippen LogP contribution in [0, 0.1) is 0 Å². The summed E-state index contributed by atoms with van der Waals surface area (Å²) in [6.45, 7) is 5.95. The van der Waals surface area contributed by atoms with E-state index in [0.29, 0.717) is 11.6 Å². The zero-order valence-electron chi connectivity index (χ0n) is 10.6. The standard InChI is InChI=1S/C11H16N6O/c1-4-7-5-12-15-9(7)14-11(18)10-13-8(6(2)3)16-17-10/h5-6H,4H2,1-3H3,(H,13,16,17)(H2,12,14,15,18). The van der Waals surface area contributed by atoms with Crippen LogP contribution in [0.4, 0.5) is 5.82 Å². The van der Waals surface area contributed by atoms with Gasteiger partial charge in [-0.1, -0.05) is 20.8 Å². The lowest BCUT2D eigenvalue weighted by Gasteiger charge is -2.01. The molecule has 1 amide bonds. The van der Waals surface area contributed by atoms with Crippen LogP contribution in [0.1, 0.15) is 48.7 Å². The average molecular weight is 248 g/mol. The summed E-state index contributed by atoms with van der Waals surface area (Å²) in [5.74, 6) is 1.28. The molecule has 96 valence electrons. The van der Waals surface area contributed by atoms with Crippen LogP contribution in [0.3, 0.4) is 0 Å². The normalized spacial score (nSPS) is 10.9. The van der Waals surface area contributed by atoms with Gasteiger partial charge in [-0.15, -0.1) is 5.10 Å². The molecule has 2 aromatic rings. The zero-order valence-corrected chi connectivity index (χ0v) is 10.6. The highest BCUT2D eigenvalue weighted by Gasteiger charge is 2.15. The maximum Gasteiger partial charge on any atom is 0.296 e. The summed E-state index contributed by atoms with van der Waals surface area (Å²) >= 11 is 0. The van der Waals surface area contributed by atoms with Gasteiger partial charge in [0.25, 0.3) is 5.91 Å². The van der Waals surface area contributed by atoms with Gasteiger partial charge in [0.2, 0.25) is 5.82 Å². The van der Waals surface area contributed by atoms with Crippen LogP contribution in [0.2, 0.25) is 0 Å². The molecule has 0 radical (unpaired) electrons. The Morgan fingerprint density at radius 2 is 2.22 bits per heavy atom. The van der Waals surface area contributed by atoms with E-state index in [9.17, 15) is 4.79 Å². The summed E-state index contributed by atoms with van der Waals surface area (Å²) < 4.78 is 0. The minimum atomic E-state index is -0.350. The summed E-state index contributed by atoms with van der Waals surface area (Å²) in [6.07, 6.45) is 2.48. The zero-order chi connectivity index (χ0) is 13.1. The Balaban J connectivity index is 2.12. The molecule has 18 heavy (non-hydrogen) atoms. The number of rotatable bonds is 4. The molecule has 2 aromatic heterocycles. The maximum absolute atomic E-state index is 11.9. The molecular weight excluding hydrogens is 232 g/mol. The molecule has 0 aromatic carbocycles. The van der Waals surface area contributed by atoms with Crippen LogP contribution >= 0.6 is 0 Å². The van der Waals surface area contributed by atoms with E-state index < -0.39 is 0 Å². The average Bonchev–Trinajstić information content (AvgIpc) is 2.96. The van der Waals surface area contributed by atoms with E-state index in [1.807, 2.05) is 20.8 Å². The second kappa shape index (κ2) is 4.99. The monoisotopic (exact) mass is 248 g/mol. The van der Waals surface area contributed by atoms with E-state index in [-0.39, 0.29) is 17.6 Å². The molecule has 0 aliphatic rings. The highest BCUT2D eigenvalue weighted by atomic mass is 16.2. The van der Waals surface area contributed by atoms with Gasteiger partial charge in [0.1, 0.15) is 11.6 Å². The fourth-order valence-corrected chi connectivity index (χ4v) is 1.49.